The standard InChI is InChI=1S/C11H13N3O/c1-2-4-10-9(3-1)11(15-13-10)14-7-5-12-6-8-14/h1-4,12H,5-8H2. The zero-order valence-electron chi connectivity index (χ0n) is 8.44. The fourth-order valence-corrected chi connectivity index (χ4v) is 1.97. The Hall–Kier alpha value is -1.55. The third-order valence-corrected chi connectivity index (χ3v) is 2.77. The van der Waals surface area contributed by atoms with Crippen molar-refractivity contribution in [2.24, 2.45) is 0 Å². The van der Waals surface area contributed by atoms with E-state index in [1.807, 2.05) is 18.2 Å². The van der Waals surface area contributed by atoms with Crippen LogP contribution in [-0.2, 0) is 0 Å². The van der Waals surface area contributed by atoms with Crippen molar-refractivity contribution in [3.8, 4) is 0 Å². The van der Waals surface area contributed by atoms with Crippen molar-refractivity contribution in [1.29, 1.82) is 0 Å². The highest BCUT2D eigenvalue weighted by Crippen LogP contribution is 2.26. The Morgan fingerprint density at radius 3 is 2.87 bits per heavy atom. The van der Waals surface area contributed by atoms with E-state index in [9.17, 15) is 0 Å². The summed E-state index contributed by atoms with van der Waals surface area (Å²) in [4.78, 5) is 2.24. The molecule has 1 aromatic heterocycles. The van der Waals surface area contributed by atoms with Gasteiger partial charge in [-0.2, -0.15) is 0 Å². The predicted molar refractivity (Wildman–Crippen MR) is 59.1 cm³/mol. The zero-order valence-corrected chi connectivity index (χ0v) is 8.44. The number of nitrogens with zero attached hydrogens (tertiary/aromatic N) is 2. The monoisotopic (exact) mass is 203 g/mol. The molecule has 78 valence electrons. The highest BCUT2D eigenvalue weighted by atomic mass is 16.5. The first-order valence-corrected chi connectivity index (χ1v) is 5.25. The van der Waals surface area contributed by atoms with Crippen molar-refractivity contribution in [2.75, 3.05) is 31.1 Å². The molecule has 0 spiro atoms. The Morgan fingerprint density at radius 2 is 2.00 bits per heavy atom. The van der Waals surface area contributed by atoms with Crippen LogP contribution in [0.3, 0.4) is 0 Å². The van der Waals surface area contributed by atoms with Crippen LogP contribution in [0.5, 0.6) is 0 Å². The normalized spacial score (nSPS) is 17.2. The minimum absolute atomic E-state index is 0.909. The maximum absolute atomic E-state index is 5.40. The van der Waals surface area contributed by atoms with E-state index >= 15 is 0 Å². The number of anilines is 1. The molecule has 0 unspecified atom stereocenters. The SMILES string of the molecule is c1ccc2c(N3CCNCC3)onc2c1. The quantitative estimate of drug-likeness (QED) is 0.757. The third-order valence-electron chi connectivity index (χ3n) is 2.77. The zero-order chi connectivity index (χ0) is 10.1. The molecule has 2 heterocycles. The second kappa shape index (κ2) is 3.55. The van der Waals surface area contributed by atoms with Gasteiger partial charge in [-0.15, -0.1) is 0 Å². The minimum Gasteiger partial charge on any atom is -0.338 e. The van der Waals surface area contributed by atoms with Crippen LogP contribution < -0.4 is 10.2 Å². The van der Waals surface area contributed by atoms with Crippen molar-refractivity contribution >= 4 is 16.8 Å². The maximum atomic E-state index is 5.40. The number of benzene rings is 1. The molecule has 1 aromatic carbocycles. The topological polar surface area (TPSA) is 41.3 Å². The van der Waals surface area contributed by atoms with Gasteiger partial charge in [-0.05, 0) is 12.1 Å². The molecule has 1 aliphatic rings. The van der Waals surface area contributed by atoms with Gasteiger partial charge in [-0.25, -0.2) is 0 Å². The van der Waals surface area contributed by atoms with Crippen molar-refractivity contribution in [3.63, 3.8) is 0 Å². The summed E-state index contributed by atoms with van der Waals surface area (Å²) in [7, 11) is 0. The van der Waals surface area contributed by atoms with Gasteiger partial charge >= 0.3 is 0 Å². The van der Waals surface area contributed by atoms with Crippen LogP contribution in [-0.4, -0.2) is 31.3 Å². The van der Waals surface area contributed by atoms with Gasteiger partial charge in [0.05, 0.1) is 5.39 Å². The van der Waals surface area contributed by atoms with E-state index in [1.165, 1.54) is 0 Å². The number of rotatable bonds is 1. The van der Waals surface area contributed by atoms with Gasteiger partial charge in [-0.3, -0.25) is 0 Å². The number of aromatic nitrogens is 1. The van der Waals surface area contributed by atoms with Crippen LogP contribution in [0.2, 0.25) is 0 Å². The molecule has 0 saturated carbocycles. The number of piperazine rings is 1. The summed E-state index contributed by atoms with van der Waals surface area (Å²) in [5, 5.41) is 8.49. The first-order valence-electron chi connectivity index (χ1n) is 5.25. The summed E-state index contributed by atoms with van der Waals surface area (Å²) in [5.74, 6) is 0.909. The van der Waals surface area contributed by atoms with Gasteiger partial charge in [0.1, 0.15) is 5.52 Å². The van der Waals surface area contributed by atoms with Crippen molar-refractivity contribution in [2.45, 2.75) is 0 Å². The molecule has 0 bridgehead atoms. The molecule has 1 fully saturated rings. The minimum atomic E-state index is 0.909. The molecule has 0 amide bonds. The van der Waals surface area contributed by atoms with Gasteiger partial charge in [0.25, 0.3) is 0 Å². The Kier molecular flexibility index (Phi) is 2.07. The van der Waals surface area contributed by atoms with Crippen LogP contribution in [0, 0.1) is 0 Å². The lowest BCUT2D eigenvalue weighted by molar-refractivity contribution is 0.414. The average molecular weight is 203 g/mol. The molecule has 1 saturated heterocycles. The molecule has 0 atom stereocenters. The first kappa shape index (κ1) is 8.73. The summed E-state index contributed by atoms with van der Waals surface area (Å²) in [6, 6.07) is 8.03. The van der Waals surface area contributed by atoms with Crippen LogP contribution >= 0.6 is 0 Å². The summed E-state index contributed by atoms with van der Waals surface area (Å²) in [6.45, 7) is 3.99. The molecule has 4 nitrogen and oxygen atoms in total. The Bertz CT molecular complexity index is 460. The van der Waals surface area contributed by atoms with Gasteiger partial charge in [0.15, 0.2) is 0 Å². The number of fused-ring (bicyclic) bond motifs is 1. The second-order valence-electron chi connectivity index (χ2n) is 3.74. The van der Waals surface area contributed by atoms with Crippen LogP contribution in [0.1, 0.15) is 0 Å². The van der Waals surface area contributed by atoms with E-state index in [0.717, 1.165) is 43.0 Å². The number of nitrogens with one attached hydrogen (secondary N) is 1. The molecule has 4 heteroatoms. The van der Waals surface area contributed by atoms with E-state index in [4.69, 9.17) is 4.52 Å². The van der Waals surface area contributed by atoms with E-state index in [-0.39, 0.29) is 0 Å². The maximum Gasteiger partial charge on any atom is 0.235 e. The molecule has 15 heavy (non-hydrogen) atoms. The van der Waals surface area contributed by atoms with E-state index < -0.39 is 0 Å². The summed E-state index contributed by atoms with van der Waals surface area (Å²) < 4.78 is 5.40. The highest BCUT2D eigenvalue weighted by molar-refractivity contribution is 5.88. The highest BCUT2D eigenvalue weighted by Gasteiger charge is 2.17. The van der Waals surface area contributed by atoms with Crippen molar-refractivity contribution in [3.05, 3.63) is 24.3 Å². The number of hydrogen-bond acceptors (Lipinski definition) is 4. The lowest BCUT2D eigenvalue weighted by Gasteiger charge is -2.26. The number of hydrogen-bond donors (Lipinski definition) is 1. The molecule has 2 aromatic rings. The Balaban J connectivity index is 2.02. The average Bonchev–Trinajstić information content (AvgIpc) is 2.74. The summed E-state index contributed by atoms with van der Waals surface area (Å²) >= 11 is 0. The van der Waals surface area contributed by atoms with Crippen LogP contribution in [0.15, 0.2) is 28.8 Å². The van der Waals surface area contributed by atoms with E-state index in [1.54, 1.807) is 0 Å². The Morgan fingerprint density at radius 1 is 1.20 bits per heavy atom. The molecule has 3 rings (SSSR count). The molecule has 0 aliphatic carbocycles. The molecular formula is C11H13N3O. The van der Waals surface area contributed by atoms with Gasteiger partial charge < -0.3 is 14.7 Å². The second-order valence-corrected chi connectivity index (χ2v) is 3.74. The van der Waals surface area contributed by atoms with Crippen molar-refractivity contribution < 1.29 is 4.52 Å². The van der Waals surface area contributed by atoms with E-state index in [0.29, 0.717) is 0 Å². The molecular weight excluding hydrogens is 190 g/mol. The van der Waals surface area contributed by atoms with Gasteiger partial charge in [-0.1, -0.05) is 17.3 Å². The van der Waals surface area contributed by atoms with Gasteiger partial charge in [0, 0.05) is 26.2 Å². The predicted octanol–water partition coefficient (Wildman–Crippen LogP) is 1.24. The molecule has 1 aliphatic heterocycles. The van der Waals surface area contributed by atoms with E-state index in [2.05, 4.69) is 21.4 Å². The Labute approximate surface area is 87.8 Å². The molecule has 0 radical (unpaired) electrons. The fraction of sp³-hybridized carbons (Fsp3) is 0.364. The largest absolute Gasteiger partial charge is 0.338 e. The summed E-state index contributed by atoms with van der Waals surface area (Å²) in [5.41, 5.74) is 0.936. The van der Waals surface area contributed by atoms with Gasteiger partial charge in [0.2, 0.25) is 5.88 Å². The smallest absolute Gasteiger partial charge is 0.235 e. The van der Waals surface area contributed by atoms with Crippen LogP contribution in [0.25, 0.3) is 10.9 Å². The molecule has 1 N–H and O–H groups in total. The summed E-state index contributed by atoms with van der Waals surface area (Å²) in [6.07, 6.45) is 0. The first-order chi connectivity index (χ1) is 7.45. The van der Waals surface area contributed by atoms with Crippen molar-refractivity contribution in [1.82, 2.24) is 10.5 Å². The third kappa shape index (κ3) is 1.47. The van der Waals surface area contributed by atoms with Crippen LogP contribution in [0.4, 0.5) is 5.88 Å². The lowest BCUT2D eigenvalue weighted by atomic mass is 10.2. The fourth-order valence-electron chi connectivity index (χ4n) is 1.97. The lowest BCUT2D eigenvalue weighted by Crippen LogP contribution is -2.43.